The van der Waals surface area contributed by atoms with Gasteiger partial charge in [-0.15, -0.1) is 0 Å². The molecule has 7 heteroatoms. The van der Waals surface area contributed by atoms with Crippen LogP contribution in [-0.4, -0.2) is 26.3 Å². The first-order valence-electron chi connectivity index (χ1n) is 11.8. The number of hydrogen-bond donors (Lipinski definition) is 0. The van der Waals surface area contributed by atoms with Crippen LogP contribution in [0, 0.1) is 0 Å². The third-order valence-corrected chi connectivity index (χ3v) is 5.93. The van der Waals surface area contributed by atoms with Crippen LogP contribution in [0.2, 0.25) is 0 Å². The molecule has 0 saturated heterocycles. The summed E-state index contributed by atoms with van der Waals surface area (Å²) in [6, 6.07) is 19.8. The number of aryl methyl sites for hydroxylation is 1. The first-order chi connectivity index (χ1) is 16.7. The Morgan fingerprint density at radius 3 is 2.46 bits per heavy atom. The fourth-order valence-corrected chi connectivity index (χ4v) is 4.16. The van der Waals surface area contributed by atoms with Gasteiger partial charge in [-0.2, -0.15) is 0 Å². The third kappa shape index (κ3) is 6.28. The smallest absolute Gasteiger partial charge is 0.428 e. The maximum absolute atomic E-state index is 12.2. The van der Waals surface area contributed by atoms with E-state index < -0.39 is 11.8 Å². The predicted octanol–water partition coefficient (Wildman–Crippen LogP) is 7.57. The molecule has 182 valence electrons. The average Bonchev–Trinajstić information content (AvgIpc) is 3.13. The average molecular weight is 536 g/mol. The lowest BCUT2D eigenvalue weighted by Gasteiger charge is -2.19. The number of fused-ring (bicyclic) bond motifs is 1. The van der Waals surface area contributed by atoms with E-state index in [0.717, 1.165) is 57.5 Å². The van der Waals surface area contributed by atoms with Gasteiger partial charge in [0.2, 0.25) is 0 Å². The molecule has 0 unspecified atom stereocenters. The quantitative estimate of drug-likeness (QED) is 0.139. The molecule has 2 aromatic carbocycles. The first kappa shape index (κ1) is 24.9. The minimum Gasteiger partial charge on any atom is -0.428 e. The molecule has 0 aliphatic rings. The van der Waals surface area contributed by atoms with E-state index in [9.17, 15) is 4.79 Å². The van der Waals surface area contributed by atoms with Gasteiger partial charge in [-0.1, -0.05) is 55.8 Å². The molecular formula is C28H30BrN3O3. The number of imidazole rings is 1. The van der Waals surface area contributed by atoms with Gasteiger partial charge in [-0.05, 0) is 72.4 Å². The number of pyridine rings is 1. The van der Waals surface area contributed by atoms with Crippen molar-refractivity contribution in [2.75, 3.05) is 0 Å². The molecule has 0 fully saturated rings. The van der Waals surface area contributed by atoms with E-state index in [1.54, 1.807) is 6.07 Å². The predicted molar refractivity (Wildman–Crippen MR) is 142 cm³/mol. The van der Waals surface area contributed by atoms with Gasteiger partial charge in [0.1, 0.15) is 21.8 Å². The van der Waals surface area contributed by atoms with Crippen LogP contribution < -0.4 is 4.74 Å². The molecular weight excluding hydrogens is 506 g/mol. The molecule has 4 aromatic rings. The van der Waals surface area contributed by atoms with Crippen molar-refractivity contribution in [3.63, 3.8) is 0 Å². The molecule has 2 heterocycles. The number of nitrogens with zero attached hydrogens (tertiary/aromatic N) is 3. The molecule has 6 nitrogen and oxygen atoms in total. The van der Waals surface area contributed by atoms with Gasteiger partial charge < -0.3 is 14.0 Å². The van der Waals surface area contributed by atoms with Gasteiger partial charge in [0, 0.05) is 18.5 Å². The summed E-state index contributed by atoms with van der Waals surface area (Å²) < 4.78 is 13.9. The number of hydrogen-bond acceptors (Lipinski definition) is 5. The number of halogens is 1. The molecule has 0 N–H and O–H groups in total. The normalized spacial score (nSPS) is 11.6. The van der Waals surface area contributed by atoms with Crippen molar-refractivity contribution < 1.29 is 14.3 Å². The van der Waals surface area contributed by atoms with Gasteiger partial charge in [-0.3, -0.25) is 0 Å². The molecule has 4 rings (SSSR count). The van der Waals surface area contributed by atoms with Crippen LogP contribution in [0.15, 0.2) is 65.3 Å². The fourth-order valence-electron chi connectivity index (χ4n) is 3.86. The summed E-state index contributed by atoms with van der Waals surface area (Å²) in [5.74, 6) is 1.52. The van der Waals surface area contributed by atoms with Crippen molar-refractivity contribution in [1.82, 2.24) is 14.5 Å². The first-order valence-corrected chi connectivity index (χ1v) is 12.6. The minimum atomic E-state index is -0.714. The summed E-state index contributed by atoms with van der Waals surface area (Å²) in [4.78, 5) is 21.6. The molecule has 2 aromatic heterocycles. The van der Waals surface area contributed by atoms with Gasteiger partial charge >= 0.3 is 6.16 Å². The highest BCUT2D eigenvalue weighted by atomic mass is 79.9. The number of aromatic nitrogens is 3. The van der Waals surface area contributed by atoms with E-state index in [-0.39, 0.29) is 0 Å². The Morgan fingerprint density at radius 2 is 1.74 bits per heavy atom. The van der Waals surface area contributed by atoms with E-state index in [0.29, 0.717) is 12.3 Å². The van der Waals surface area contributed by atoms with Crippen LogP contribution in [0.3, 0.4) is 0 Å². The summed E-state index contributed by atoms with van der Waals surface area (Å²) in [6.45, 7) is 8.32. The van der Waals surface area contributed by atoms with Crippen molar-refractivity contribution in [2.45, 2.75) is 59.1 Å². The highest BCUT2D eigenvalue weighted by Gasteiger charge is 2.19. The number of carbonyl (C=O) groups excluding carboxylic acids is 1. The Hall–Kier alpha value is -3.19. The lowest BCUT2D eigenvalue weighted by atomic mass is 10.0. The van der Waals surface area contributed by atoms with E-state index in [2.05, 4.69) is 50.6 Å². The summed E-state index contributed by atoms with van der Waals surface area (Å²) in [7, 11) is 0. The zero-order chi connectivity index (χ0) is 25.0. The number of para-hydroxylation sites is 1. The largest absolute Gasteiger partial charge is 0.514 e. The highest BCUT2D eigenvalue weighted by Crippen LogP contribution is 2.31. The van der Waals surface area contributed by atoms with Gasteiger partial charge in [0.05, 0.1) is 5.52 Å². The SMILES string of the molecule is CCCCc1nc2nc(Br)ccc2n1Cc1ccc(-c2ccccc2OC(=O)OC(C)(C)C)cc1. The van der Waals surface area contributed by atoms with E-state index in [4.69, 9.17) is 14.5 Å². The van der Waals surface area contributed by atoms with E-state index in [1.165, 1.54) is 0 Å². The van der Waals surface area contributed by atoms with Crippen molar-refractivity contribution in [3.8, 4) is 16.9 Å². The molecule has 0 saturated carbocycles. The number of benzene rings is 2. The number of unbranched alkanes of at least 4 members (excludes halogenated alkanes) is 1. The monoisotopic (exact) mass is 535 g/mol. The number of carbonyl (C=O) groups is 1. The fraction of sp³-hybridized carbons (Fsp3) is 0.321. The Balaban J connectivity index is 1.58. The topological polar surface area (TPSA) is 66.2 Å². The van der Waals surface area contributed by atoms with E-state index >= 15 is 0 Å². The minimum absolute atomic E-state index is 0.466. The Bertz CT molecular complexity index is 1320. The molecule has 0 aliphatic heterocycles. The Kier molecular flexibility index (Phi) is 7.55. The Labute approximate surface area is 214 Å². The van der Waals surface area contributed by atoms with Crippen molar-refractivity contribution >= 4 is 33.2 Å². The van der Waals surface area contributed by atoms with Crippen LogP contribution in [-0.2, 0) is 17.7 Å². The summed E-state index contributed by atoms with van der Waals surface area (Å²) in [5.41, 5.74) is 4.11. The van der Waals surface area contributed by atoms with Gasteiger partial charge in [0.15, 0.2) is 5.65 Å². The molecule has 0 bridgehead atoms. The molecule has 0 atom stereocenters. The number of rotatable bonds is 7. The maximum Gasteiger partial charge on any atom is 0.514 e. The zero-order valence-electron chi connectivity index (χ0n) is 20.5. The highest BCUT2D eigenvalue weighted by molar-refractivity contribution is 9.10. The lowest BCUT2D eigenvalue weighted by Crippen LogP contribution is -2.26. The molecule has 0 amide bonds. The summed E-state index contributed by atoms with van der Waals surface area (Å²) >= 11 is 3.45. The van der Waals surface area contributed by atoms with Crippen LogP contribution >= 0.6 is 15.9 Å². The summed E-state index contributed by atoms with van der Waals surface area (Å²) in [5, 5.41) is 0. The molecule has 0 spiro atoms. The van der Waals surface area contributed by atoms with Crippen LogP contribution in [0.5, 0.6) is 5.75 Å². The molecule has 0 radical (unpaired) electrons. The van der Waals surface area contributed by atoms with Crippen molar-refractivity contribution in [1.29, 1.82) is 0 Å². The lowest BCUT2D eigenvalue weighted by molar-refractivity contribution is 0.0207. The third-order valence-electron chi connectivity index (χ3n) is 5.49. The van der Waals surface area contributed by atoms with Crippen LogP contribution in [0.4, 0.5) is 4.79 Å². The standard InChI is InChI=1S/C28H30BrN3O3/c1-5-6-11-25-31-26-22(16-17-24(29)30-26)32(25)18-19-12-14-20(15-13-19)21-9-7-8-10-23(21)34-27(33)35-28(2,3)4/h7-10,12-17H,5-6,11,18H2,1-4H3. The van der Waals surface area contributed by atoms with Crippen molar-refractivity contribution in [2.24, 2.45) is 0 Å². The second kappa shape index (κ2) is 10.6. The number of ether oxygens (including phenoxy) is 2. The van der Waals surface area contributed by atoms with Gasteiger partial charge in [-0.25, -0.2) is 14.8 Å². The maximum atomic E-state index is 12.2. The van der Waals surface area contributed by atoms with Crippen LogP contribution in [0.25, 0.3) is 22.3 Å². The van der Waals surface area contributed by atoms with Crippen molar-refractivity contribution in [3.05, 3.63) is 76.7 Å². The molecule has 0 aliphatic carbocycles. The van der Waals surface area contributed by atoms with Crippen LogP contribution in [0.1, 0.15) is 51.9 Å². The molecule has 35 heavy (non-hydrogen) atoms. The van der Waals surface area contributed by atoms with Gasteiger partial charge in [0.25, 0.3) is 0 Å². The summed E-state index contributed by atoms with van der Waals surface area (Å²) in [6.07, 6.45) is 2.39. The second-order valence-electron chi connectivity index (χ2n) is 9.45. The van der Waals surface area contributed by atoms with E-state index in [1.807, 2.05) is 57.2 Å². The zero-order valence-corrected chi connectivity index (χ0v) is 22.1. The Morgan fingerprint density at radius 1 is 1.00 bits per heavy atom. The second-order valence-corrected chi connectivity index (χ2v) is 10.3.